The minimum absolute atomic E-state index is 0.0352. The van der Waals surface area contributed by atoms with Crippen molar-refractivity contribution >= 4 is 21.6 Å². The molecule has 0 saturated heterocycles. The van der Waals surface area contributed by atoms with Crippen LogP contribution in [0, 0.1) is 5.82 Å². The SMILES string of the molecule is COC(C)C(C)Nc1ccc(Br)cc1F. The van der Waals surface area contributed by atoms with Gasteiger partial charge in [-0.2, -0.15) is 0 Å². The van der Waals surface area contributed by atoms with E-state index < -0.39 is 0 Å². The molecule has 2 nitrogen and oxygen atoms in total. The first-order valence-electron chi connectivity index (χ1n) is 4.79. The number of hydrogen-bond donors (Lipinski definition) is 1. The van der Waals surface area contributed by atoms with Crippen LogP contribution in [0.4, 0.5) is 10.1 Å². The Hall–Kier alpha value is -0.610. The largest absolute Gasteiger partial charge is 0.380 e. The van der Waals surface area contributed by atoms with E-state index in [1.807, 2.05) is 13.8 Å². The molecule has 2 unspecified atom stereocenters. The number of halogens is 2. The van der Waals surface area contributed by atoms with Crippen LogP contribution in [-0.2, 0) is 4.74 Å². The van der Waals surface area contributed by atoms with Crippen LogP contribution in [0.25, 0.3) is 0 Å². The summed E-state index contributed by atoms with van der Waals surface area (Å²) in [6, 6.07) is 5.01. The zero-order chi connectivity index (χ0) is 11.4. The minimum atomic E-state index is -0.264. The molecule has 0 bridgehead atoms. The van der Waals surface area contributed by atoms with Crippen molar-refractivity contribution in [3.63, 3.8) is 0 Å². The fourth-order valence-electron chi connectivity index (χ4n) is 1.17. The molecule has 1 aromatic carbocycles. The summed E-state index contributed by atoms with van der Waals surface area (Å²) in [4.78, 5) is 0. The quantitative estimate of drug-likeness (QED) is 0.909. The smallest absolute Gasteiger partial charge is 0.147 e. The molecular formula is C11H15BrFNO. The Balaban J connectivity index is 2.72. The first-order chi connectivity index (χ1) is 7.04. The lowest BCUT2D eigenvalue weighted by Gasteiger charge is -2.21. The van der Waals surface area contributed by atoms with Gasteiger partial charge in [0.25, 0.3) is 0 Å². The van der Waals surface area contributed by atoms with E-state index in [4.69, 9.17) is 4.74 Å². The van der Waals surface area contributed by atoms with Gasteiger partial charge in [0.05, 0.1) is 11.8 Å². The molecule has 84 valence electrons. The lowest BCUT2D eigenvalue weighted by molar-refractivity contribution is 0.106. The van der Waals surface area contributed by atoms with Crippen LogP contribution in [0.1, 0.15) is 13.8 Å². The fourth-order valence-corrected chi connectivity index (χ4v) is 1.51. The molecule has 0 radical (unpaired) electrons. The van der Waals surface area contributed by atoms with E-state index in [9.17, 15) is 4.39 Å². The molecule has 15 heavy (non-hydrogen) atoms. The van der Waals surface area contributed by atoms with Crippen molar-refractivity contribution in [2.75, 3.05) is 12.4 Å². The van der Waals surface area contributed by atoms with Crippen LogP contribution in [0.15, 0.2) is 22.7 Å². The van der Waals surface area contributed by atoms with Gasteiger partial charge in [0.2, 0.25) is 0 Å². The van der Waals surface area contributed by atoms with Gasteiger partial charge in [-0.05, 0) is 32.0 Å². The number of rotatable bonds is 4. The maximum absolute atomic E-state index is 13.4. The van der Waals surface area contributed by atoms with Crippen molar-refractivity contribution < 1.29 is 9.13 Å². The Morgan fingerprint density at radius 3 is 2.60 bits per heavy atom. The third kappa shape index (κ3) is 3.47. The minimum Gasteiger partial charge on any atom is -0.380 e. The van der Waals surface area contributed by atoms with Crippen molar-refractivity contribution in [1.82, 2.24) is 0 Å². The topological polar surface area (TPSA) is 21.3 Å². The molecule has 0 aliphatic rings. The fraction of sp³-hybridized carbons (Fsp3) is 0.455. The highest BCUT2D eigenvalue weighted by Gasteiger charge is 2.12. The van der Waals surface area contributed by atoms with Crippen molar-refractivity contribution in [1.29, 1.82) is 0 Å². The van der Waals surface area contributed by atoms with Gasteiger partial charge < -0.3 is 10.1 Å². The highest BCUT2D eigenvalue weighted by Crippen LogP contribution is 2.20. The van der Waals surface area contributed by atoms with Crippen molar-refractivity contribution in [3.05, 3.63) is 28.5 Å². The molecule has 0 aliphatic carbocycles. The molecule has 1 aromatic rings. The molecule has 0 amide bonds. The Morgan fingerprint density at radius 2 is 2.07 bits per heavy atom. The molecule has 0 spiro atoms. The van der Waals surface area contributed by atoms with Gasteiger partial charge in [0.15, 0.2) is 0 Å². The highest BCUT2D eigenvalue weighted by molar-refractivity contribution is 9.10. The van der Waals surface area contributed by atoms with Crippen molar-refractivity contribution in [2.24, 2.45) is 0 Å². The van der Waals surface area contributed by atoms with Crippen LogP contribution in [0.3, 0.4) is 0 Å². The normalized spacial score (nSPS) is 14.7. The van der Waals surface area contributed by atoms with E-state index in [1.165, 1.54) is 6.07 Å². The van der Waals surface area contributed by atoms with Gasteiger partial charge in [-0.3, -0.25) is 0 Å². The first kappa shape index (κ1) is 12.5. The monoisotopic (exact) mass is 275 g/mol. The van der Waals surface area contributed by atoms with E-state index in [0.29, 0.717) is 5.69 Å². The summed E-state index contributed by atoms with van der Waals surface area (Å²) < 4.78 is 19.3. The summed E-state index contributed by atoms with van der Waals surface area (Å²) >= 11 is 3.21. The van der Waals surface area contributed by atoms with Gasteiger partial charge in [-0.15, -0.1) is 0 Å². The van der Waals surface area contributed by atoms with Crippen LogP contribution < -0.4 is 5.32 Å². The van der Waals surface area contributed by atoms with E-state index in [0.717, 1.165) is 4.47 Å². The van der Waals surface area contributed by atoms with E-state index in [-0.39, 0.29) is 18.0 Å². The number of benzene rings is 1. The van der Waals surface area contributed by atoms with Gasteiger partial charge in [-0.25, -0.2) is 4.39 Å². The predicted molar refractivity (Wildman–Crippen MR) is 63.7 cm³/mol. The molecule has 2 atom stereocenters. The molecule has 1 N–H and O–H groups in total. The molecular weight excluding hydrogens is 261 g/mol. The summed E-state index contributed by atoms with van der Waals surface area (Å²) in [5.41, 5.74) is 0.495. The summed E-state index contributed by atoms with van der Waals surface area (Å²) in [5, 5.41) is 3.07. The second kappa shape index (κ2) is 5.47. The second-order valence-corrected chi connectivity index (χ2v) is 4.41. The Morgan fingerprint density at radius 1 is 1.40 bits per heavy atom. The summed E-state index contributed by atoms with van der Waals surface area (Å²) in [5.74, 6) is -0.264. The highest BCUT2D eigenvalue weighted by atomic mass is 79.9. The molecule has 0 aliphatic heterocycles. The lowest BCUT2D eigenvalue weighted by atomic mass is 10.2. The van der Waals surface area contributed by atoms with Crippen LogP contribution in [0.5, 0.6) is 0 Å². The molecule has 0 heterocycles. The van der Waals surface area contributed by atoms with Crippen molar-refractivity contribution in [2.45, 2.75) is 26.0 Å². The predicted octanol–water partition coefficient (Wildman–Crippen LogP) is 3.42. The molecule has 1 rings (SSSR count). The third-order valence-electron chi connectivity index (χ3n) is 2.39. The Bertz CT molecular complexity index is 332. The van der Waals surface area contributed by atoms with E-state index >= 15 is 0 Å². The third-order valence-corrected chi connectivity index (χ3v) is 2.88. The zero-order valence-electron chi connectivity index (χ0n) is 9.05. The van der Waals surface area contributed by atoms with E-state index in [1.54, 1.807) is 19.2 Å². The molecule has 0 aromatic heterocycles. The number of hydrogen-bond acceptors (Lipinski definition) is 2. The number of nitrogens with one attached hydrogen (secondary N) is 1. The number of ether oxygens (including phenoxy) is 1. The van der Waals surface area contributed by atoms with Crippen LogP contribution in [0.2, 0.25) is 0 Å². The van der Waals surface area contributed by atoms with Gasteiger partial charge in [0.1, 0.15) is 5.82 Å². The summed E-state index contributed by atoms with van der Waals surface area (Å²) in [6.07, 6.45) is 0.0352. The zero-order valence-corrected chi connectivity index (χ0v) is 10.6. The van der Waals surface area contributed by atoms with Crippen molar-refractivity contribution in [3.8, 4) is 0 Å². The summed E-state index contributed by atoms with van der Waals surface area (Å²) in [7, 11) is 1.64. The van der Waals surface area contributed by atoms with Gasteiger partial charge >= 0.3 is 0 Å². The number of methoxy groups -OCH3 is 1. The van der Waals surface area contributed by atoms with E-state index in [2.05, 4.69) is 21.2 Å². The lowest BCUT2D eigenvalue weighted by Crippen LogP contribution is -2.30. The molecule has 4 heteroatoms. The standard InChI is InChI=1S/C11H15BrFNO/c1-7(8(2)15-3)14-11-5-4-9(12)6-10(11)13/h4-8,14H,1-3H3. The average molecular weight is 276 g/mol. The average Bonchev–Trinajstić information content (AvgIpc) is 2.20. The Labute approximate surface area is 98.0 Å². The maximum Gasteiger partial charge on any atom is 0.147 e. The Kier molecular flexibility index (Phi) is 4.54. The molecule has 0 fully saturated rings. The maximum atomic E-state index is 13.4. The van der Waals surface area contributed by atoms with Gasteiger partial charge in [-0.1, -0.05) is 15.9 Å². The molecule has 0 saturated carbocycles. The first-order valence-corrected chi connectivity index (χ1v) is 5.58. The number of anilines is 1. The second-order valence-electron chi connectivity index (χ2n) is 3.50. The van der Waals surface area contributed by atoms with Crippen LogP contribution >= 0.6 is 15.9 Å². The van der Waals surface area contributed by atoms with Crippen LogP contribution in [-0.4, -0.2) is 19.3 Å². The van der Waals surface area contributed by atoms with Gasteiger partial charge in [0, 0.05) is 17.6 Å². The summed E-state index contributed by atoms with van der Waals surface area (Å²) in [6.45, 7) is 3.89.